The lowest BCUT2D eigenvalue weighted by atomic mass is 9.93. The van der Waals surface area contributed by atoms with Crippen LogP contribution in [0.25, 0.3) is 0 Å². The molecule has 0 radical (unpaired) electrons. The monoisotopic (exact) mass is 291 g/mol. The Morgan fingerprint density at radius 3 is 3.00 bits per heavy atom. The van der Waals surface area contributed by atoms with Gasteiger partial charge < -0.3 is 5.32 Å². The van der Waals surface area contributed by atoms with Crippen molar-refractivity contribution in [2.75, 3.05) is 0 Å². The van der Waals surface area contributed by atoms with E-state index in [1.54, 1.807) is 0 Å². The second-order valence-corrected chi connectivity index (χ2v) is 5.20. The quantitative estimate of drug-likeness (QED) is 0.913. The van der Waals surface area contributed by atoms with Gasteiger partial charge in [-0.1, -0.05) is 11.6 Å². The van der Waals surface area contributed by atoms with Gasteiger partial charge in [0.1, 0.15) is 10.8 Å². The summed E-state index contributed by atoms with van der Waals surface area (Å²) in [5.41, 5.74) is 2.54. The van der Waals surface area contributed by atoms with E-state index in [0.29, 0.717) is 0 Å². The van der Waals surface area contributed by atoms with Crippen molar-refractivity contribution in [1.29, 1.82) is 0 Å². The Hall–Kier alpha value is -1.95. The van der Waals surface area contributed by atoms with Gasteiger partial charge in [0, 0.05) is 18.3 Å². The number of nitrogens with one attached hydrogen (secondary N) is 1. The van der Waals surface area contributed by atoms with E-state index in [0.717, 1.165) is 24.8 Å². The Balaban J connectivity index is 1.78. The van der Waals surface area contributed by atoms with Crippen LogP contribution in [0.5, 0.6) is 0 Å². The van der Waals surface area contributed by atoms with Crippen molar-refractivity contribution in [2.45, 2.75) is 25.3 Å². The molecule has 0 saturated heterocycles. The Morgan fingerprint density at radius 1 is 1.40 bits per heavy atom. The zero-order chi connectivity index (χ0) is 14.1. The summed E-state index contributed by atoms with van der Waals surface area (Å²) in [6, 6.07) is -0.0163. The molecule has 0 fully saturated rings. The van der Waals surface area contributed by atoms with Gasteiger partial charge in [-0.3, -0.25) is 9.48 Å². The molecule has 20 heavy (non-hydrogen) atoms. The zero-order valence-corrected chi connectivity index (χ0v) is 11.8. The number of nitrogens with zero attached hydrogens (tertiary/aromatic N) is 4. The lowest BCUT2D eigenvalue weighted by Gasteiger charge is -2.23. The number of amides is 1. The van der Waals surface area contributed by atoms with Crippen LogP contribution in [0.2, 0.25) is 5.15 Å². The van der Waals surface area contributed by atoms with E-state index in [1.165, 1.54) is 18.1 Å². The molecular formula is C13H14ClN5O. The molecule has 0 spiro atoms. The third-order valence-electron chi connectivity index (χ3n) is 3.53. The first-order valence-corrected chi connectivity index (χ1v) is 6.82. The summed E-state index contributed by atoms with van der Waals surface area (Å²) in [6.45, 7) is 0. The summed E-state index contributed by atoms with van der Waals surface area (Å²) in [7, 11) is 1.92. The van der Waals surface area contributed by atoms with Crippen LogP contribution in [-0.4, -0.2) is 25.7 Å². The van der Waals surface area contributed by atoms with Crippen molar-refractivity contribution < 1.29 is 4.79 Å². The Bertz CT molecular complexity index is 637. The predicted octanol–water partition coefficient (Wildman–Crippen LogP) is 1.67. The van der Waals surface area contributed by atoms with Crippen molar-refractivity contribution in [1.82, 2.24) is 25.1 Å². The highest BCUT2D eigenvalue weighted by molar-refractivity contribution is 6.29. The maximum atomic E-state index is 12.2. The van der Waals surface area contributed by atoms with Gasteiger partial charge in [-0.15, -0.1) is 0 Å². The molecule has 2 aromatic rings. The van der Waals surface area contributed by atoms with Gasteiger partial charge in [-0.2, -0.15) is 5.10 Å². The molecule has 104 valence electrons. The smallest absolute Gasteiger partial charge is 0.271 e. The average Bonchev–Trinajstić information content (AvgIpc) is 2.82. The van der Waals surface area contributed by atoms with Crippen molar-refractivity contribution in [2.24, 2.45) is 7.05 Å². The number of fused-ring (bicyclic) bond motifs is 1. The third-order valence-corrected chi connectivity index (χ3v) is 3.73. The number of carbonyl (C=O) groups excluding carboxylic acids is 1. The fraction of sp³-hybridized carbons (Fsp3) is 0.385. The van der Waals surface area contributed by atoms with Crippen molar-refractivity contribution >= 4 is 17.5 Å². The van der Waals surface area contributed by atoms with Gasteiger partial charge in [0.05, 0.1) is 24.6 Å². The van der Waals surface area contributed by atoms with E-state index in [4.69, 9.17) is 11.6 Å². The Morgan fingerprint density at radius 2 is 2.25 bits per heavy atom. The predicted molar refractivity (Wildman–Crippen MR) is 73.4 cm³/mol. The first kappa shape index (κ1) is 13.1. The highest BCUT2D eigenvalue weighted by atomic mass is 35.5. The van der Waals surface area contributed by atoms with Gasteiger partial charge in [0.2, 0.25) is 0 Å². The number of hydrogen-bond acceptors (Lipinski definition) is 4. The minimum Gasteiger partial charge on any atom is -0.344 e. The van der Waals surface area contributed by atoms with E-state index in [9.17, 15) is 4.79 Å². The molecule has 0 bridgehead atoms. The number of aryl methyl sites for hydroxylation is 1. The van der Waals surface area contributed by atoms with Crippen LogP contribution in [0.4, 0.5) is 0 Å². The number of carbonyl (C=O) groups is 1. The van der Waals surface area contributed by atoms with E-state index < -0.39 is 0 Å². The average molecular weight is 292 g/mol. The zero-order valence-electron chi connectivity index (χ0n) is 11.0. The molecule has 1 unspecified atom stereocenters. The number of halogens is 1. The minimum absolute atomic E-state index is 0.0163. The van der Waals surface area contributed by atoms with E-state index in [1.807, 2.05) is 17.9 Å². The number of rotatable bonds is 2. The normalized spacial score (nSPS) is 17.6. The van der Waals surface area contributed by atoms with Crippen LogP contribution in [0.3, 0.4) is 0 Å². The van der Waals surface area contributed by atoms with E-state index in [-0.39, 0.29) is 22.8 Å². The van der Waals surface area contributed by atoms with Crippen molar-refractivity contribution in [3.63, 3.8) is 0 Å². The lowest BCUT2D eigenvalue weighted by Crippen LogP contribution is -2.31. The van der Waals surface area contributed by atoms with Crippen LogP contribution in [0.1, 0.15) is 40.6 Å². The topological polar surface area (TPSA) is 72.7 Å². The standard InChI is InChI=1S/C13H14ClN5O/c1-19-11-4-2-3-9(8(11)5-17-19)18-13(20)10-6-16-12(14)7-15-10/h5-7,9H,2-4H2,1H3,(H,18,20). The molecule has 0 saturated carbocycles. The summed E-state index contributed by atoms with van der Waals surface area (Å²) >= 11 is 5.66. The highest BCUT2D eigenvalue weighted by Crippen LogP contribution is 2.29. The molecule has 1 aliphatic carbocycles. The molecule has 3 rings (SSSR count). The van der Waals surface area contributed by atoms with E-state index >= 15 is 0 Å². The molecule has 7 heteroatoms. The van der Waals surface area contributed by atoms with Gasteiger partial charge in [-0.25, -0.2) is 9.97 Å². The fourth-order valence-corrected chi connectivity index (χ4v) is 2.62. The lowest BCUT2D eigenvalue weighted by molar-refractivity contribution is 0.0927. The van der Waals surface area contributed by atoms with Gasteiger partial charge in [-0.05, 0) is 19.3 Å². The molecule has 6 nitrogen and oxygen atoms in total. The van der Waals surface area contributed by atoms with Gasteiger partial charge >= 0.3 is 0 Å². The summed E-state index contributed by atoms with van der Waals surface area (Å²) in [5, 5.41) is 7.52. The second-order valence-electron chi connectivity index (χ2n) is 4.81. The van der Waals surface area contributed by atoms with Crippen LogP contribution in [0.15, 0.2) is 18.6 Å². The number of hydrogen-bond donors (Lipinski definition) is 1. The van der Waals surface area contributed by atoms with Crippen LogP contribution < -0.4 is 5.32 Å². The largest absolute Gasteiger partial charge is 0.344 e. The summed E-state index contributed by atoms with van der Waals surface area (Å²) in [6.07, 6.45) is 7.51. The third kappa shape index (κ3) is 2.38. The molecule has 0 aromatic carbocycles. The van der Waals surface area contributed by atoms with Gasteiger partial charge in [0.15, 0.2) is 0 Å². The SMILES string of the molecule is Cn1ncc2c1CCCC2NC(=O)c1cnc(Cl)cn1. The molecule has 2 heterocycles. The maximum absolute atomic E-state index is 12.2. The number of aromatic nitrogens is 4. The van der Waals surface area contributed by atoms with Crippen LogP contribution in [-0.2, 0) is 13.5 Å². The first-order valence-electron chi connectivity index (χ1n) is 6.44. The first-order chi connectivity index (χ1) is 9.65. The molecule has 1 amide bonds. The maximum Gasteiger partial charge on any atom is 0.271 e. The highest BCUT2D eigenvalue weighted by Gasteiger charge is 2.25. The Kier molecular flexibility index (Phi) is 3.40. The molecule has 1 N–H and O–H groups in total. The molecule has 1 atom stereocenters. The van der Waals surface area contributed by atoms with Crippen molar-refractivity contribution in [3.05, 3.63) is 40.7 Å². The summed E-state index contributed by atoms with van der Waals surface area (Å²) in [4.78, 5) is 20.0. The summed E-state index contributed by atoms with van der Waals surface area (Å²) in [5.74, 6) is -0.240. The summed E-state index contributed by atoms with van der Waals surface area (Å²) < 4.78 is 1.87. The molecule has 1 aliphatic rings. The van der Waals surface area contributed by atoms with Crippen LogP contribution in [0, 0.1) is 0 Å². The van der Waals surface area contributed by atoms with E-state index in [2.05, 4.69) is 20.4 Å². The second kappa shape index (κ2) is 5.20. The van der Waals surface area contributed by atoms with Crippen molar-refractivity contribution in [3.8, 4) is 0 Å². The van der Waals surface area contributed by atoms with Gasteiger partial charge in [0.25, 0.3) is 5.91 Å². The Labute approximate surface area is 121 Å². The van der Waals surface area contributed by atoms with Crippen LogP contribution >= 0.6 is 11.6 Å². The fourth-order valence-electron chi connectivity index (χ4n) is 2.52. The molecular weight excluding hydrogens is 278 g/mol. The molecule has 2 aromatic heterocycles. The molecule has 0 aliphatic heterocycles. The minimum atomic E-state index is -0.240.